The van der Waals surface area contributed by atoms with E-state index in [0.717, 1.165) is 43.1 Å². The highest BCUT2D eigenvalue weighted by Gasteiger charge is 2.15. The summed E-state index contributed by atoms with van der Waals surface area (Å²) in [4.78, 5) is 0. The lowest BCUT2D eigenvalue weighted by Gasteiger charge is -2.07. The third-order valence-corrected chi connectivity index (χ3v) is 3.52. The van der Waals surface area contributed by atoms with Crippen molar-refractivity contribution in [2.45, 2.75) is 39.8 Å². The molecule has 0 aliphatic rings. The molecule has 2 aromatic rings. The van der Waals surface area contributed by atoms with Gasteiger partial charge in [0.1, 0.15) is 5.69 Å². The largest absolute Gasteiger partial charge is 0.385 e. The fraction of sp³-hybridized carbons (Fsp3) is 0.615. The molecule has 0 saturated carbocycles. The lowest BCUT2D eigenvalue weighted by Crippen LogP contribution is -2.07. The molecular weight excluding hydrogens is 274 g/mol. The van der Waals surface area contributed by atoms with Crippen LogP contribution in [0, 0.1) is 4.77 Å². The number of nitrogens with one attached hydrogen (secondary N) is 1. The van der Waals surface area contributed by atoms with Crippen LogP contribution in [0.3, 0.4) is 0 Å². The van der Waals surface area contributed by atoms with E-state index >= 15 is 0 Å². The van der Waals surface area contributed by atoms with Crippen LogP contribution in [0.25, 0.3) is 11.5 Å². The first kappa shape index (κ1) is 14.9. The topological polar surface area (TPSA) is 60.7 Å². The quantitative estimate of drug-likeness (QED) is 0.629. The molecule has 0 fully saturated rings. The number of nitrogens with zero attached hydrogens (tertiary/aromatic N) is 4. The first-order valence-corrected chi connectivity index (χ1v) is 7.33. The smallest absolute Gasteiger partial charge is 0.195 e. The second-order valence-corrected chi connectivity index (χ2v) is 4.93. The van der Waals surface area contributed by atoms with Gasteiger partial charge in [0.2, 0.25) is 0 Å². The van der Waals surface area contributed by atoms with E-state index in [4.69, 9.17) is 17.0 Å². The number of aromatic amines is 1. The van der Waals surface area contributed by atoms with Crippen LogP contribution in [0.15, 0.2) is 6.07 Å². The third-order valence-electron chi connectivity index (χ3n) is 3.21. The van der Waals surface area contributed by atoms with Gasteiger partial charge in [-0.15, -0.1) is 0 Å². The van der Waals surface area contributed by atoms with Crippen molar-refractivity contribution < 1.29 is 4.74 Å². The van der Waals surface area contributed by atoms with Crippen molar-refractivity contribution >= 4 is 12.2 Å². The molecule has 0 saturated heterocycles. The molecule has 0 aliphatic carbocycles. The zero-order valence-corrected chi connectivity index (χ0v) is 13.0. The average Bonchev–Trinajstić information content (AvgIpc) is 3.03. The number of aryl methyl sites for hydroxylation is 2. The zero-order chi connectivity index (χ0) is 14.5. The lowest BCUT2D eigenvalue weighted by molar-refractivity contribution is 0.190. The maximum absolute atomic E-state index is 5.31. The van der Waals surface area contributed by atoms with Crippen molar-refractivity contribution in [1.82, 2.24) is 24.5 Å². The van der Waals surface area contributed by atoms with Crippen LogP contribution in [0.2, 0.25) is 0 Å². The summed E-state index contributed by atoms with van der Waals surface area (Å²) >= 11 is 5.31. The van der Waals surface area contributed by atoms with Gasteiger partial charge in [-0.2, -0.15) is 10.2 Å². The maximum Gasteiger partial charge on any atom is 0.195 e. The van der Waals surface area contributed by atoms with Crippen LogP contribution in [-0.2, 0) is 24.2 Å². The summed E-state index contributed by atoms with van der Waals surface area (Å²) in [7, 11) is 1.70. The highest BCUT2D eigenvalue weighted by atomic mass is 32.1. The molecule has 1 N–H and O–H groups in total. The van der Waals surface area contributed by atoms with Gasteiger partial charge in [0, 0.05) is 26.8 Å². The molecule has 0 unspecified atom stereocenters. The van der Waals surface area contributed by atoms with E-state index in [1.165, 1.54) is 0 Å². The lowest BCUT2D eigenvalue weighted by atomic mass is 10.3. The summed E-state index contributed by atoms with van der Waals surface area (Å²) in [5.41, 5.74) is 2.08. The Bertz CT molecular complexity index is 613. The summed E-state index contributed by atoms with van der Waals surface area (Å²) in [5.74, 6) is 0.847. The number of rotatable bonds is 7. The molecule has 110 valence electrons. The molecule has 0 aliphatic heterocycles. The molecule has 0 bridgehead atoms. The van der Waals surface area contributed by atoms with E-state index in [1.807, 2.05) is 9.25 Å². The Morgan fingerprint density at radius 2 is 2.20 bits per heavy atom. The molecule has 0 amide bonds. The van der Waals surface area contributed by atoms with Crippen LogP contribution in [0.5, 0.6) is 0 Å². The van der Waals surface area contributed by atoms with Crippen LogP contribution in [0.4, 0.5) is 0 Å². The van der Waals surface area contributed by atoms with E-state index in [9.17, 15) is 0 Å². The van der Waals surface area contributed by atoms with Gasteiger partial charge in [0.05, 0.1) is 5.69 Å². The number of aromatic nitrogens is 5. The summed E-state index contributed by atoms with van der Waals surface area (Å²) in [5, 5.41) is 11.8. The second kappa shape index (κ2) is 6.81. The number of ether oxygens (including phenoxy) is 1. The minimum Gasteiger partial charge on any atom is -0.385 e. The number of methoxy groups -OCH3 is 1. The fourth-order valence-electron chi connectivity index (χ4n) is 2.15. The predicted molar refractivity (Wildman–Crippen MR) is 80.2 cm³/mol. The van der Waals surface area contributed by atoms with Crippen LogP contribution in [0.1, 0.15) is 26.0 Å². The molecule has 20 heavy (non-hydrogen) atoms. The molecule has 0 aromatic carbocycles. The number of hydrogen-bond acceptors (Lipinski definition) is 4. The minimum absolute atomic E-state index is 0.637. The first-order valence-electron chi connectivity index (χ1n) is 6.92. The molecular formula is C13H21N5OS. The predicted octanol–water partition coefficient (Wildman–Crippen LogP) is 2.42. The first-order chi connectivity index (χ1) is 9.71. The van der Waals surface area contributed by atoms with E-state index in [2.05, 4.69) is 35.2 Å². The van der Waals surface area contributed by atoms with Crippen molar-refractivity contribution in [3.63, 3.8) is 0 Å². The van der Waals surface area contributed by atoms with Crippen LogP contribution >= 0.6 is 12.2 Å². The minimum atomic E-state index is 0.637. The fourth-order valence-corrected chi connectivity index (χ4v) is 2.37. The second-order valence-electron chi connectivity index (χ2n) is 4.54. The summed E-state index contributed by atoms with van der Waals surface area (Å²) in [6.07, 6.45) is 1.81. The Kier molecular flexibility index (Phi) is 5.08. The van der Waals surface area contributed by atoms with Crippen LogP contribution in [-0.4, -0.2) is 38.3 Å². The van der Waals surface area contributed by atoms with Gasteiger partial charge in [-0.25, -0.2) is 0 Å². The molecule has 2 heterocycles. The summed E-state index contributed by atoms with van der Waals surface area (Å²) < 4.78 is 9.71. The van der Waals surface area contributed by atoms with Gasteiger partial charge in [-0.05, 0) is 38.0 Å². The van der Waals surface area contributed by atoms with Crippen molar-refractivity contribution in [3.8, 4) is 11.5 Å². The van der Waals surface area contributed by atoms with Crippen molar-refractivity contribution in [2.75, 3.05) is 13.7 Å². The third kappa shape index (κ3) is 2.99. The Labute approximate surface area is 123 Å². The van der Waals surface area contributed by atoms with Gasteiger partial charge in [0.15, 0.2) is 10.6 Å². The standard InChI is InChI=1S/C13H21N5OS/c1-4-10-9-11(18(5-2)16-10)12-14-15-13(20)17(12)7-6-8-19-3/h9H,4-8H2,1-3H3,(H,15,20). The molecule has 0 spiro atoms. The molecule has 0 radical (unpaired) electrons. The normalized spacial score (nSPS) is 11.2. The Morgan fingerprint density at radius 3 is 2.85 bits per heavy atom. The van der Waals surface area contributed by atoms with Crippen molar-refractivity contribution in [3.05, 3.63) is 16.5 Å². The average molecular weight is 295 g/mol. The zero-order valence-electron chi connectivity index (χ0n) is 12.2. The van der Waals surface area contributed by atoms with Crippen LogP contribution < -0.4 is 0 Å². The van der Waals surface area contributed by atoms with E-state index < -0.39 is 0 Å². The Morgan fingerprint density at radius 1 is 1.40 bits per heavy atom. The monoisotopic (exact) mass is 295 g/mol. The molecule has 7 heteroatoms. The number of H-pyrrole nitrogens is 1. The van der Waals surface area contributed by atoms with Crippen molar-refractivity contribution in [1.29, 1.82) is 0 Å². The maximum atomic E-state index is 5.31. The highest BCUT2D eigenvalue weighted by Crippen LogP contribution is 2.19. The molecule has 6 nitrogen and oxygen atoms in total. The van der Waals surface area contributed by atoms with E-state index in [0.29, 0.717) is 11.4 Å². The van der Waals surface area contributed by atoms with Crippen molar-refractivity contribution in [2.24, 2.45) is 0 Å². The van der Waals surface area contributed by atoms with Gasteiger partial charge < -0.3 is 4.74 Å². The van der Waals surface area contributed by atoms with E-state index in [1.54, 1.807) is 7.11 Å². The molecule has 0 atom stereocenters. The van der Waals surface area contributed by atoms with Gasteiger partial charge in [-0.3, -0.25) is 14.3 Å². The Balaban J connectivity index is 2.37. The summed E-state index contributed by atoms with van der Waals surface area (Å²) in [6, 6.07) is 2.08. The van der Waals surface area contributed by atoms with E-state index in [-0.39, 0.29) is 0 Å². The number of hydrogen-bond donors (Lipinski definition) is 1. The van der Waals surface area contributed by atoms with Gasteiger partial charge >= 0.3 is 0 Å². The summed E-state index contributed by atoms with van der Waals surface area (Å²) in [6.45, 7) is 6.48. The Hall–Kier alpha value is -1.47. The molecule has 2 aromatic heterocycles. The van der Waals surface area contributed by atoms with Gasteiger partial charge in [-0.1, -0.05) is 6.92 Å². The van der Waals surface area contributed by atoms with Gasteiger partial charge in [0.25, 0.3) is 0 Å². The highest BCUT2D eigenvalue weighted by molar-refractivity contribution is 7.71. The SMILES string of the molecule is CCc1cc(-c2n[nH]c(=S)n2CCCOC)n(CC)n1. The molecule has 2 rings (SSSR count).